The van der Waals surface area contributed by atoms with Crippen molar-refractivity contribution in [1.29, 1.82) is 0 Å². The molecule has 1 N–H and O–H groups in total. The van der Waals surface area contributed by atoms with Crippen molar-refractivity contribution >= 4 is 17.2 Å². The zero-order valence-corrected chi connectivity index (χ0v) is 10.1. The summed E-state index contributed by atoms with van der Waals surface area (Å²) in [5.74, 6) is 1.05. The van der Waals surface area contributed by atoms with E-state index in [1.54, 1.807) is 11.3 Å². The number of hydrogen-bond donors (Lipinski definition) is 1. The Balaban J connectivity index is 1.71. The average molecular weight is 237 g/mol. The van der Waals surface area contributed by atoms with Crippen molar-refractivity contribution in [3.8, 4) is 0 Å². The van der Waals surface area contributed by atoms with Crippen molar-refractivity contribution in [2.24, 2.45) is 11.8 Å². The van der Waals surface area contributed by atoms with E-state index in [9.17, 15) is 4.79 Å². The lowest BCUT2D eigenvalue weighted by Crippen LogP contribution is -2.30. The maximum Gasteiger partial charge on any atom is 0.227 e. The maximum atomic E-state index is 12.1. The summed E-state index contributed by atoms with van der Waals surface area (Å²) in [5, 5.41) is 6.41. The monoisotopic (exact) mass is 237 g/mol. The largest absolute Gasteiger partial charge is 0.336 e. The number of thiazole rings is 1. The normalized spacial score (nSPS) is 28.8. The minimum atomic E-state index is 0.222. The lowest BCUT2D eigenvalue weighted by molar-refractivity contribution is -0.131. The van der Waals surface area contributed by atoms with Crippen LogP contribution in [0.25, 0.3) is 0 Å². The third-order valence-electron chi connectivity index (χ3n) is 3.44. The molecule has 1 aromatic heterocycles. The van der Waals surface area contributed by atoms with Gasteiger partial charge in [0.1, 0.15) is 0 Å². The number of aryl methyl sites for hydroxylation is 1. The first kappa shape index (κ1) is 10.2. The van der Waals surface area contributed by atoms with E-state index in [2.05, 4.69) is 15.7 Å². The summed E-state index contributed by atoms with van der Waals surface area (Å²) in [6.45, 7) is 5.43. The molecule has 2 aliphatic rings. The third kappa shape index (κ3) is 1.64. The van der Waals surface area contributed by atoms with Crippen molar-refractivity contribution in [1.82, 2.24) is 15.2 Å². The Morgan fingerprint density at radius 2 is 2.50 bits per heavy atom. The van der Waals surface area contributed by atoms with E-state index in [0.717, 1.165) is 30.3 Å². The molecule has 1 amide bonds. The van der Waals surface area contributed by atoms with Gasteiger partial charge in [-0.05, 0) is 6.92 Å². The number of fused-ring (bicyclic) bond motifs is 1. The summed E-state index contributed by atoms with van der Waals surface area (Å²) in [4.78, 5) is 18.4. The highest BCUT2D eigenvalue weighted by Gasteiger charge is 2.42. The second-order valence-corrected chi connectivity index (χ2v) is 5.66. The molecule has 3 rings (SSSR count). The Kier molecular flexibility index (Phi) is 2.44. The molecule has 2 aliphatic heterocycles. The summed E-state index contributed by atoms with van der Waals surface area (Å²) in [6, 6.07) is 0. The molecule has 2 fully saturated rings. The van der Waals surface area contributed by atoms with E-state index >= 15 is 0 Å². The number of carbonyl (C=O) groups is 1. The number of amides is 1. The van der Waals surface area contributed by atoms with Crippen LogP contribution in [0.15, 0.2) is 5.38 Å². The third-order valence-corrected chi connectivity index (χ3v) is 4.27. The first-order valence-corrected chi connectivity index (χ1v) is 6.52. The Labute approximate surface area is 98.7 Å². The molecule has 16 heavy (non-hydrogen) atoms. The molecule has 0 aliphatic carbocycles. The zero-order valence-electron chi connectivity index (χ0n) is 9.27. The van der Waals surface area contributed by atoms with Gasteiger partial charge < -0.3 is 10.2 Å². The van der Waals surface area contributed by atoms with E-state index in [0.29, 0.717) is 18.4 Å². The Bertz CT molecular complexity index is 417. The van der Waals surface area contributed by atoms with E-state index in [1.807, 2.05) is 11.8 Å². The second kappa shape index (κ2) is 3.82. The van der Waals surface area contributed by atoms with Crippen molar-refractivity contribution in [3.63, 3.8) is 0 Å². The molecule has 0 radical (unpaired) electrons. The summed E-state index contributed by atoms with van der Waals surface area (Å²) < 4.78 is 0. The van der Waals surface area contributed by atoms with Crippen molar-refractivity contribution in [3.05, 3.63) is 16.1 Å². The van der Waals surface area contributed by atoms with Gasteiger partial charge in [-0.25, -0.2) is 4.98 Å². The van der Waals surface area contributed by atoms with Crippen LogP contribution in [0.4, 0.5) is 0 Å². The highest BCUT2D eigenvalue weighted by molar-refractivity contribution is 7.09. The highest BCUT2D eigenvalue weighted by atomic mass is 32.1. The van der Waals surface area contributed by atoms with Crippen molar-refractivity contribution in [2.45, 2.75) is 13.5 Å². The van der Waals surface area contributed by atoms with Gasteiger partial charge in [-0.2, -0.15) is 0 Å². The predicted molar refractivity (Wildman–Crippen MR) is 62.1 cm³/mol. The molecular formula is C11H15N3OS. The molecule has 1 aromatic rings. The van der Waals surface area contributed by atoms with Crippen molar-refractivity contribution in [2.75, 3.05) is 19.6 Å². The van der Waals surface area contributed by atoms with Crippen LogP contribution in [0.2, 0.25) is 0 Å². The zero-order chi connectivity index (χ0) is 11.1. The molecule has 86 valence electrons. The Morgan fingerprint density at radius 1 is 1.62 bits per heavy atom. The summed E-state index contributed by atoms with van der Waals surface area (Å²) >= 11 is 1.65. The van der Waals surface area contributed by atoms with Crippen LogP contribution in [-0.4, -0.2) is 35.4 Å². The molecule has 0 bridgehead atoms. The number of nitrogens with zero attached hydrogens (tertiary/aromatic N) is 2. The van der Waals surface area contributed by atoms with Gasteiger partial charge in [0.05, 0.1) is 23.2 Å². The number of hydrogen-bond acceptors (Lipinski definition) is 4. The fraction of sp³-hybridized carbons (Fsp3) is 0.636. The van der Waals surface area contributed by atoms with Crippen LogP contribution >= 0.6 is 11.3 Å². The quantitative estimate of drug-likeness (QED) is 0.820. The van der Waals surface area contributed by atoms with Crippen LogP contribution in [0.3, 0.4) is 0 Å². The lowest BCUT2D eigenvalue weighted by atomic mass is 10.0. The Morgan fingerprint density at radius 3 is 3.19 bits per heavy atom. The van der Waals surface area contributed by atoms with Gasteiger partial charge in [0.15, 0.2) is 0 Å². The molecule has 2 atom stereocenters. The van der Waals surface area contributed by atoms with Crippen molar-refractivity contribution < 1.29 is 4.79 Å². The smallest absolute Gasteiger partial charge is 0.227 e. The minimum absolute atomic E-state index is 0.222. The number of nitrogens with one attached hydrogen (secondary N) is 1. The molecule has 5 heteroatoms. The SMILES string of the molecule is Cc1nc(CN2C[C@@H]3CNC[C@@H]3C2=O)cs1. The molecule has 0 aromatic carbocycles. The average Bonchev–Trinajstić information content (AvgIpc) is 2.90. The van der Waals surface area contributed by atoms with Gasteiger partial charge in [0.2, 0.25) is 5.91 Å². The van der Waals surface area contributed by atoms with Crippen LogP contribution in [-0.2, 0) is 11.3 Å². The number of rotatable bonds is 2. The molecule has 0 spiro atoms. The van der Waals surface area contributed by atoms with E-state index in [4.69, 9.17) is 0 Å². The van der Waals surface area contributed by atoms with Gasteiger partial charge in [-0.15, -0.1) is 11.3 Å². The maximum absolute atomic E-state index is 12.1. The van der Waals surface area contributed by atoms with Crippen LogP contribution < -0.4 is 5.32 Å². The number of carbonyl (C=O) groups excluding carboxylic acids is 1. The highest BCUT2D eigenvalue weighted by Crippen LogP contribution is 2.28. The van der Waals surface area contributed by atoms with Gasteiger partial charge in [0, 0.05) is 30.9 Å². The molecule has 3 heterocycles. The first-order valence-electron chi connectivity index (χ1n) is 5.64. The molecule has 4 nitrogen and oxygen atoms in total. The summed E-state index contributed by atoms with van der Waals surface area (Å²) in [6.07, 6.45) is 0. The molecular weight excluding hydrogens is 222 g/mol. The van der Waals surface area contributed by atoms with E-state index in [1.165, 1.54) is 0 Å². The Hall–Kier alpha value is -0.940. The predicted octanol–water partition coefficient (Wildman–Crippen LogP) is 0.629. The van der Waals surface area contributed by atoms with Crippen LogP contribution in [0.5, 0.6) is 0 Å². The fourth-order valence-corrected chi connectivity index (χ4v) is 3.24. The number of likely N-dealkylation sites (tertiary alicyclic amines) is 1. The fourth-order valence-electron chi connectivity index (χ4n) is 2.64. The molecule has 2 saturated heterocycles. The summed E-state index contributed by atoms with van der Waals surface area (Å²) in [5.41, 5.74) is 1.03. The van der Waals surface area contributed by atoms with Crippen LogP contribution in [0.1, 0.15) is 10.7 Å². The topological polar surface area (TPSA) is 45.2 Å². The van der Waals surface area contributed by atoms with Gasteiger partial charge in [0.25, 0.3) is 0 Å². The molecule has 0 unspecified atom stereocenters. The van der Waals surface area contributed by atoms with Gasteiger partial charge >= 0.3 is 0 Å². The number of aromatic nitrogens is 1. The van der Waals surface area contributed by atoms with Gasteiger partial charge in [-0.3, -0.25) is 4.79 Å². The van der Waals surface area contributed by atoms with E-state index < -0.39 is 0 Å². The summed E-state index contributed by atoms with van der Waals surface area (Å²) in [7, 11) is 0. The first-order chi connectivity index (χ1) is 7.74. The van der Waals surface area contributed by atoms with Gasteiger partial charge in [-0.1, -0.05) is 0 Å². The lowest BCUT2D eigenvalue weighted by Gasteiger charge is -2.16. The minimum Gasteiger partial charge on any atom is -0.336 e. The van der Waals surface area contributed by atoms with Crippen LogP contribution in [0, 0.1) is 18.8 Å². The van der Waals surface area contributed by atoms with E-state index in [-0.39, 0.29) is 5.92 Å². The second-order valence-electron chi connectivity index (χ2n) is 4.60. The standard InChI is InChI=1S/C11H15N3OS/c1-7-13-9(6-16-7)5-14-4-8-2-12-3-10(8)11(14)15/h6,8,10,12H,2-5H2,1H3/t8-,10-/m0/s1. The molecule has 0 saturated carbocycles.